The summed E-state index contributed by atoms with van der Waals surface area (Å²) < 4.78 is 24.1. The lowest BCUT2D eigenvalue weighted by molar-refractivity contribution is -0.307. The van der Waals surface area contributed by atoms with Crippen molar-refractivity contribution in [2.75, 3.05) is 26.4 Å². The first kappa shape index (κ1) is 16.7. The summed E-state index contributed by atoms with van der Waals surface area (Å²) in [4.78, 5) is 0. The highest BCUT2D eigenvalue weighted by atomic mass is 16.7. The Kier molecular flexibility index (Phi) is 4.61. The third-order valence-electron chi connectivity index (χ3n) is 5.05. The minimum absolute atomic E-state index is 0.224. The molecule has 2 saturated heterocycles. The summed E-state index contributed by atoms with van der Waals surface area (Å²) in [5.74, 6) is 0. The fraction of sp³-hybridized carbons (Fsp3) is 0.429. The monoisotopic (exact) mass is 340 g/mol. The molecule has 0 unspecified atom stereocenters. The van der Waals surface area contributed by atoms with E-state index in [0.29, 0.717) is 26.4 Å². The SMILES string of the molecule is Cc1ccccc1C1OCC2(CO1)COC(c1ccccc1C)OC2. The van der Waals surface area contributed by atoms with Gasteiger partial charge in [-0.3, -0.25) is 0 Å². The summed E-state index contributed by atoms with van der Waals surface area (Å²) in [6, 6.07) is 16.3. The maximum absolute atomic E-state index is 6.02. The smallest absolute Gasteiger partial charge is 0.184 e. The van der Waals surface area contributed by atoms with Crippen molar-refractivity contribution >= 4 is 0 Å². The average Bonchev–Trinajstić information content (AvgIpc) is 2.65. The van der Waals surface area contributed by atoms with Gasteiger partial charge in [-0.1, -0.05) is 48.5 Å². The van der Waals surface area contributed by atoms with E-state index in [9.17, 15) is 0 Å². The maximum Gasteiger partial charge on any atom is 0.184 e. The van der Waals surface area contributed by atoms with Crippen molar-refractivity contribution in [3.63, 3.8) is 0 Å². The topological polar surface area (TPSA) is 36.9 Å². The number of benzene rings is 2. The summed E-state index contributed by atoms with van der Waals surface area (Å²) in [6.07, 6.45) is -0.609. The molecule has 4 heteroatoms. The van der Waals surface area contributed by atoms with Gasteiger partial charge in [-0.05, 0) is 25.0 Å². The molecule has 4 nitrogen and oxygen atoms in total. The highest BCUT2D eigenvalue weighted by Crippen LogP contribution is 2.39. The van der Waals surface area contributed by atoms with Crippen LogP contribution < -0.4 is 0 Å². The molecule has 2 aliphatic heterocycles. The van der Waals surface area contributed by atoms with Gasteiger partial charge < -0.3 is 18.9 Å². The molecule has 0 N–H and O–H groups in total. The normalized spacial score (nSPS) is 29.7. The van der Waals surface area contributed by atoms with Crippen LogP contribution in [0.4, 0.5) is 0 Å². The Morgan fingerprint density at radius 2 is 1.00 bits per heavy atom. The van der Waals surface area contributed by atoms with E-state index in [1.54, 1.807) is 0 Å². The Bertz CT molecular complexity index is 659. The van der Waals surface area contributed by atoms with Gasteiger partial charge in [0.2, 0.25) is 0 Å². The van der Waals surface area contributed by atoms with Crippen LogP contribution in [0, 0.1) is 19.3 Å². The Hall–Kier alpha value is -1.72. The van der Waals surface area contributed by atoms with E-state index in [-0.39, 0.29) is 18.0 Å². The molecule has 0 amide bonds. The van der Waals surface area contributed by atoms with Crippen molar-refractivity contribution in [1.82, 2.24) is 0 Å². The largest absolute Gasteiger partial charge is 0.348 e. The molecule has 0 atom stereocenters. The van der Waals surface area contributed by atoms with Crippen molar-refractivity contribution in [3.8, 4) is 0 Å². The number of aryl methyl sites for hydroxylation is 2. The van der Waals surface area contributed by atoms with Gasteiger partial charge in [0.25, 0.3) is 0 Å². The molecule has 2 aromatic carbocycles. The third kappa shape index (κ3) is 3.35. The quantitative estimate of drug-likeness (QED) is 0.825. The first-order chi connectivity index (χ1) is 12.2. The Labute approximate surface area is 148 Å². The molecule has 2 aliphatic rings. The van der Waals surface area contributed by atoms with Crippen molar-refractivity contribution in [1.29, 1.82) is 0 Å². The minimum atomic E-state index is -0.305. The lowest BCUT2D eigenvalue weighted by Gasteiger charge is -2.44. The molecule has 0 radical (unpaired) electrons. The van der Waals surface area contributed by atoms with Crippen LogP contribution in [0.1, 0.15) is 34.8 Å². The summed E-state index contributed by atoms with van der Waals surface area (Å²) in [6.45, 7) is 6.45. The van der Waals surface area contributed by atoms with Gasteiger partial charge in [0.15, 0.2) is 12.6 Å². The Morgan fingerprint density at radius 3 is 1.36 bits per heavy atom. The molecular formula is C21H24O4. The summed E-state index contributed by atoms with van der Waals surface area (Å²) in [5.41, 5.74) is 4.32. The molecule has 1 spiro atoms. The number of rotatable bonds is 2. The van der Waals surface area contributed by atoms with Gasteiger partial charge in [0, 0.05) is 11.1 Å². The van der Waals surface area contributed by atoms with Crippen molar-refractivity contribution in [2.45, 2.75) is 26.4 Å². The van der Waals surface area contributed by atoms with E-state index in [1.807, 2.05) is 24.3 Å². The highest BCUT2D eigenvalue weighted by molar-refractivity contribution is 5.28. The molecule has 2 heterocycles. The van der Waals surface area contributed by atoms with E-state index in [0.717, 1.165) is 11.1 Å². The standard InChI is InChI=1S/C21H24O4/c1-15-7-3-5-9-17(15)19-22-11-21(12-23-19)13-24-20(25-14-21)18-10-6-4-8-16(18)2/h3-10,19-20H,11-14H2,1-2H3. The predicted molar refractivity (Wildman–Crippen MR) is 94.1 cm³/mol. The van der Waals surface area contributed by atoms with E-state index < -0.39 is 0 Å². The fourth-order valence-corrected chi connectivity index (χ4v) is 3.42. The summed E-state index contributed by atoms with van der Waals surface area (Å²) in [5, 5.41) is 0. The zero-order chi connectivity index (χ0) is 17.3. The first-order valence-corrected chi connectivity index (χ1v) is 8.74. The number of ether oxygens (including phenoxy) is 4. The van der Waals surface area contributed by atoms with Crippen LogP contribution in [0.5, 0.6) is 0 Å². The molecule has 0 aromatic heterocycles. The van der Waals surface area contributed by atoms with Gasteiger partial charge in [-0.2, -0.15) is 0 Å². The summed E-state index contributed by atoms with van der Waals surface area (Å²) in [7, 11) is 0. The van der Waals surface area contributed by atoms with E-state index in [4.69, 9.17) is 18.9 Å². The molecular weight excluding hydrogens is 316 g/mol. The van der Waals surface area contributed by atoms with Gasteiger partial charge in [-0.15, -0.1) is 0 Å². The first-order valence-electron chi connectivity index (χ1n) is 8.74. The predicted octanol–water partition coefficient (Wildman–Crippen LogP) is 4.08. The lowest BCUT2D eigenvalue weighted by atomic mass is 9.90. The second-order valence-corrected chi connectivity index (χ2v) is 7.12. The van der Waals surface area contributed by atoms with Gasteiger partial charge in [0.1, 0.15) is 0 Å². The molecule has 25 heavy (non-hydrogen) atoms. The minimum Gasteiger partial charge on any atom is -0.348 e. The van der Waals surface area contributed by atoms with Crippen molar-refractivity contribution < 1.29 is 18.9 Å². The molecule has 0 aliphatic carbocycles. The van der Waals surface area contributed by atoms with Crippen molar-refractivity contribution in [3.05, 3.63) is 70.8 Å². The Balaban J connectivity index is 1.39. The van der Waals surface area contributed by atoms with Crippen molar-refractivity contribution in [2.24, 2.45) is 5.41 Å². The molecule has 2 aromatic rings. The molecule has 4 rings (SSSR count). The van der Waals surface area contributed by atoms with Crippen LogP contribution in [0.25, 0.3) is 0 Å². The lowest BCUT2D eigenvalue weighted by Crippen LogP contribution is -2.49. The van der Waals surface area contributed by atoms with E-state index in [2.05, 4.69) is 38.1 Å². The van der Waals surface area contributed by atoms with Crippen LogP contribution in [-0.2, 0) is 18.9 Å². The van der Waals surface area contributed by atoms with Crippen LogP contribution in [0.2, 0.25) is 0 Å². The summed E-state index contributed by atoms with van der Waals surface area (Å²) >= 11 is 0. The maximum atomic E-state index is 6.02. The van der Waals surface area contributed by atoms with Crippen LogP contribution in [0.15, 0.2) is 48.5 Å². The zero-order valence-corrected chi connectivity index (χ0v) is 14.7. The van der Waals surface area contributed by atoms with Gasteiger partial charge in [0.05, 0.1) is 31.8 Å². The number of hydrogen-bond acceptors (Lipinski definition) is 4. The Morgan fingerprint density at radius 1 is 0.640 bits per heavy atom. The number of hydrogen-bond donors (Lipinski definition) is 0. The third-order valence-corrected chi connectivity index (χ3v) is 5.05. The van der Waals surface area contributed by atoms with Crippen LogP contribution in [-0.4, -0.2) is 26.4 Å². The average molecular weight is 340 g/mol. The highest BCUT2D eigenvalue weighted by Gasteiger charge is 2.42. The van der Waals surface area contributed by atoms with Crippen LogP contribution >= 0.6 is 0 Å². The molecule has 132 valence electrons. The zero-order valence-electron chi connectivity index (χ0n) is 14.7. The molecule has 0 saturated carbocycles. The van der Waals surface area contributed by atoms with Crippen LogP contribution in [0.3, 0.4) is 0 Å². The second-order valence-electron chi connectivity index (χ2n) is 7.12. The van der Waals surface area contributed by atoms with E-state index >= 15 is 0 Å². The fourth-order valence-electron chi connectivity index (χ4n) is 3.42. The molecule has 0 bridgehead atoms. The van der Waals surface area contributed by atoms with E-state index in [1.165, 1.54) is 11.1 Å². The van der Waals surface area contributed by atoms with Gasteiger partial charge >= 0.3 is 0 Å². The van der Waals surface area contributed by atoms with Gasteiger partial charge in [-0.25, -0.2) is 0 Å². The molecule has 2 fully saturated rings. The second kappa shape index (κ2) is 6.89.